The lowest BCUT2D eigenvalue weighted by Gasteiger charge is -2.09. The summed E-state index contributed by atoms with van der Waals surface area (Å²) in [6.07, 6.45) is 1.15. The predicted octanol–water partition coefficient (Wildman–Crippen LogP) is 4.43. The smallest absolute Gasteiger partial charge is 0.258 e. The van der Waals surface area contributed by atoms with E-state index in [1.54, 1.807) is 12.1 Å². The summed E-state index contributed by atoms with van der Waals surface area (Å²) in [5, 5.41) is 4.53. The number of carbonyl (C=O) groups excluding carboxylic acids is 1. The third-order valence-corrected chi connectivity index (χ3v) is 4.53. The van der Waals surface area contributed by atoms with Gasteiger partial charge in [0.1, 0.15) is 5.75 Å². The first kappa shape index (κ1) is 17.8. The van der Waals surface area contributed by atoms with Crippen molar-refractivity contribution in [2.45, 2.75) is 26.8 Å². The molecular weight excluding hydrogens is 332 g/mol. The van der Waals surface area contributed by atoms with Crippen LogP contribution >= 0.6 is 22.9 Å². The fraction of sp³-hybridized carbons (Fsp3) is 0.353. The van der Waals surface area contributed by atoms with Gasteiger partial charge in [0.15, 0.2) is 5.06 Å². The minimum absolute atomic E-state index is 0.459. The molecule has 1 amide bonds. The molecule has 2 aromatic rings. The van der Waals surface area contributed by atoms with Crippen LogP contribution in [0.5, 0.6) is 10.8 Å². The van der Waals surface area contributed by atoms with E-state index in [9.17, 15) is 4.79 Å². The lowest BCUT2D eigenvalue weighted by molar-refractivity contribution is 0.100. The Morgan fingerprint density at radius 3 is 2.74 bits per heavy atom. The molecule has 4 nitrogen and oxygen atoms in total. The topological polar surface area (TPSA) is 64.3 Å². The molecule has 1 aromatic heterocycles. The van der Waals surface area contributed by atoms with E-state index in [4.69, 9.17) is 22.1 Å². The SMILES string of the molecule is CC(C)CCNCc1ccc(Oc2ccc(C(N)=O)s2)c(Cl)c1. The molecule has 1 heterocycles. The minimum atomic E-state index is -0.459. The van der Waals surface area contributed by atoms with Gasteiger partial charge in [0.25, 0.3) is 5.91 Å². The van der Waals surface area contributed by atoms with Crippen molar-refractivity contribution in [2.75, 3.05) is 6.54 Å². The van der Waals surface area contributed by atoms with Gasteiger partial charge >= 0.3 is 0 Å². The van der Waals surface area contributed by atoms with Crippen LogP contribution in [-0.2, 0) is 6.54 Å². The van der Waals surface area contributed by atoms with Crippen LogP contribution in [0.3, 0.4) is 0 Å². The summed E-state index contributed by atoms with van der Waals surface area (Å²) >= 11 is 7.47. The summed E-state index contributed by atoms with van der Waals surface area (Å²) in [5.41, 5.74) is 6.34. The summed E-state index contributed by atoms with van der Waals surface area (Å²) in [4.78, 5) is 11.5. The Morgan fingerprint density at radius 2 is 2.13 bits per heavy atom. The molecule has 0 unspecified atom stereocenters. The van der Waals surface area contributed by atoms with Crippen molar-refractivity contribution < 1.29 is 9.53 Å². The zero-order valence-corrected chi connectivity index (χ0v) is 14.8. The molecule has 0 saturated carbocycles. The number of benzene rings is 1. The van der Waals surface area contributed by atoms with E-state index in [2.05, 4.69) is 19.2 Å². The first-order valence-corrected chi connectivity index (χ1v) is 8.72. The highest BCUT2D eigenvalue weighted by molar-refractivity contribution is 7.15. The molecule has 3 N–H and O–H groups in total. The number of thiophene rings is 1. The van der Waals surface area contributed by atoms with Gasteiger partial charge in [-0.15, -0.1) is 0 Å². The van der Waals surface area contributed by atoms with E-state index >= 15 is 0 Å². The molecule has 1 aromatic carbocycles. The van der Waals surface area contributed by atoms with Gasteiger partial charge in [0.05, 0.1) is 9.90 Å². The molecule has 0 atom stereocenters. The number of nitrogens with one attached hydrogen (secondary N) is 1. The Kier molecular flexibility index (Phi) is 6.45. The van der Waals surface area contributed by atoms with E-state index in [1.807, 2.05) is 18.2 Å². The van der Waals surface area contributed by atoms with E-state index in [0.717, 1.165) is 25.1 Å². The Bertz CT molecular complexity index is 670. The summed E-state index contributed by atoms with van der Waals surface area (Å²) in [6.45, 7) is 6.17. The minimum Gasteiger partial charge on any atom is -0.445 e. The molecule has 2 rings (SSSR count). The molecule has 0 radical (unpaired) electrons. The third kappa shape index (κ3) is 5.53. The van der Waals surface area contributed by atoms with Crippen LogP contribution in [0.15, 0.2) is 30.3 Å². The van der Waals surface area contributed by atoms with Crippen LogP contribution in [0.1, 0.15) is 35.5 Å². The number of carbonyl (C=O) groups is 1. The largest absolute Gasteiger partial charge is 0.445 e. The second kappa shape index (κ2) is 8.34. The number of halogens is 1. The van der Waals surface area contributed by atoms with Crippen molar-refractivity contribution in [3.8, 4) is 10.8 Å². The normalized spacial score (nSPS) is 11.0. The van der Waals surface area contributed by atoms with Gasteiger partial charge in [0, 0.05) is 6.54 Å². The van der Waals surface area contributed by atoms with Crippen LogP contribution in [0.25, 0.3) is 0 Å². The molecule has 23 heavy (non-hydrogen) atoms. The number of nitrogens with two attached hydrogens (primary N) is 1. The van der Waals surface area contributed by atoms with Crippen LogP contribution < -0.4 is 15.8 Å². The Labute approximate surface area is 145 Å². The molecule has 0 bridgehead atoms. The number of amides is 1. The average Bonchev–Trinajstić information content (AvgIpc) is 2.95. The van der Waals surface area contributed by atoms with Crippen molar-refractivity contribution >= 4 is 28.8 Å². The molecule has 0 spiro atoms. The molecule has 0 aliphatic carbocycles. The monoisotopic (exact) mass is 352 g/mol. The number of primary amides is 1. The first-order chi connectivity index (χ1) is 11.0. The zero-order valence-electron chi connectivity index (χ0n) is 13.3. The fourth-order valence-corrected chi connectivity index (χ4v) is 2.94. The molecule has 6 heteroatoms. The number of rotatable bonds is 8. The summed E-state index contributed by atoms with van der Waals surface area (Å²) in [6, 6.07) is 9.06. The van der Waals surface area contributed by atoms with Gasteiger partial charge in [-0.05, 0) is 48.7 Å². The highest BCUT2D eigenvalue weighted by atomic mass is 35.5. The van der Waals surface area contributed by atoms with Crippen LogP contribution in [0.4, 0.5) is 0 Å². The second-order valence-corrected chi connectivity index (χ2v) is 7.16. The van der Waals surface area contributed by atoms with E-state index < -0.39 is 5.91 Å². The average molecular weight is 353 g/mol. The van der Waals surface area contributed by atoms with Crippen LogP contribution in [0.2, 0.25) is 5.02 Å². The molecule has 0 aliphatic heterocycles. The van der Waals surface area contributed by atoms with E-state index in [1.165, 1.54) is 11.3 Å². The molecule has 124 valence electrons. The lowest BCUT2D eigenvalue weighted by Crippen LogP contribution is -2.16. The third-order valence-electron chi connectivity index (χ3n) is 3.26. The van der Waals surface area contributed by atoms with E-state index in [0.29, 0.717) is 26.6 Å². The predicted molar refractivity (Wildman–Crippen MR) is 95.5 cm³/mol. The maximum atomic E-state index is 11.1. The summed E-state index contributed by atoms with van der Waals surface area (Å²) < 4.78 is 5.71. The first-order valence-electron chi connectivity index (χ1n) is 7.52. The van der Waals surface area contributed by atoms with Gasteiger partial charge in [-0.3, -0.25) is 4.79 Å². The van der Waals surface area contributed by atoms with Gasteiger partial charge in [-0.2, -0.15) is 0 Å². The van der Waals surface area contributed by atoms with Gasteiger partial charge in [-0.25, -0.2) is 0 Å². The fourth-order valence-electron chi connectivity index (χ4n) is 1.98. The highest BCUT2D eigenvalue weighted by Crippen LogP contribution is 2.34. The number of hydrogen-bond donors (Lipinski definition) is 2. The maximum absolute atomic E-state index is 11.1. The van der Waals surface area contributed by atoms with Crippen molar-refractivity contribution in [2.24, 2.45) is 11.7 Å². The van der Waals surface area contributed by atoms with Gasteiger partial charge in [-0.1, -0.05) is 42.9 Å². The van der Waals surface area contributed by atoms with Gasteiger partial charge in [0.2, 0.25) is 0 Å². The Hall–Kier alpha value is -1.56. The van der Waals surface area contributed by atoms with Crippen LogP contribution in [-0.4, -0.2) is 12.5 Å². The standard InChI is InChI=1S/C17H21ClN2O2S/c1-11(2)7-8-20-10-12-3-4-14(13(18)9-12)22-16-6-5-15(23-16)17(19)21/h3-6,9,11,20H,7-8,10H2,1-2H3,(H2,19,21). The van der Waals surface area contributed by atoms with Crippen molar-refractivity contribution in [1.29, 1.82) is 0 Å². The maximum Gasteiger partial charge on any atom is 0.258 e. The molecule has 0 fully saturated rings. The van der Waals surface area contributed by atoms with Crippen LogP contribution in [0, 0.1) is 5.92 Å². The molecular formula is C17H21ClN2O2S. The van der Waals surface area contributed by atoms with Crippen molar-refractivity contribution in [1.82, 2.24) is 5.32 Å². The summed E-state index contributed by atoms with van der Waals surface area (Å²) in [7, 11) is 0. The summed E-state index contributed by atoms with van der Waals surface area (Å²) in [5.74, 6) is 0.798. The Morgan fingerprint density at radius 1 is 1.35 bits per heavy atom. The number of hydrogen-bond acceptors (Lipinski definition) is 4. The lowest BCUT2D eigenvalue weighted by atomic mass is 10.1. The van der Waals surface area contributed by atoms with Crippen molar-refractivity contribution in [3.05, 3.63) is 45.8 Å². The quantitative estimate of drug-likeness (QED) is 0.691. The molecule has 0 saturated heterocycles. The number of ether oxygens (including phenoxy) is 1. The Balaban J connectivity index is 1.94. The molecule has 0 aliphatic rings. The second-order valence-electron chi connectivity index (χ2n) is 5.71. The van der Waals surface area contributed by atoms with Gasteiger partial charge < -0.3 is 15.8 Å². The van der Waals surface area contributed by atoms with Crippen molar-refractivity contribution in [3.63, 3.8) is 0 Å². The zero-order chi connectivity index (χ0) is 16.8. The van der Waals surface area contributed by atoms with E-state index in [-0.39, 0.29) is 0 Å². The highest BCUT2D eigenvalue weighted by Gasteiger charge is 2.09.